The van der Waals surface area contributed by atoms with Crippen molar-refractivity contribution in [1.29, 1.82) is 0 Å². The maximum absolute atomic E-state index is 12.4. The molecule has 6 heterocycles. The van der Waals surface area contributed by atoms with Crippen LogP contribution in [0.3, 0.4) is 0 Å². The summed E-state index contributed by atoms with van der Waals surface area (Å²) in [5, 5.41) is 31.8. The van der Waals surface area contributed by atoms with Crippen LogP contribution in [0.15, 0.2) is 73.1 Å². The smallest absolute Gasteiger partial charge is 0.232 e. The van der Waals surface area contributed by atoms with E-state index in [0.717, 1.165) is 16.0 Å². The monoisotopic (exact) mass is 562 g/mol. The van der Waals surface area contributed by atoms with Gasteiger partial charge in [0.05, 0.1) is 35.3 Å². The van der Waals surface area contributed by atoms with Crippen molar-refractivity contribution in [3.05, 3.63) is 95.1 Å². The molecule has 0 atom stereocenters. The van der Waals surface area contributed by atoms with Crippen LogP contribution in [0.5, 0.6) is 0 Å². The Hall–Kier alpha value is -5.48. The highest BCUT2D eigenvalue weighted by atomic mass is 32.1. The number of fused-ring (bicyclic) bond motifs is 2. The van der Waals surface area contributed by atoms with Crippen molar-refractivity contribution in [3.63, 3.8) is 0 Å². The van der Waals surface area contributed by atoms with E-state index >= 15 is 0 Å². The van der Waals surface area contributed by atoms with E-state index in [1.807, 2.05) is 60.9 Å². The number of hydrogen-bond acceptors (Lipinski definition) is 9. The predicted molar refractivity (Wildman–Crippen MR) is 152 cm³/mol. The van der Waals surface area contributed by atoms with Crippen LogP contribution in [0.25, 0.3) is 11.0 Å². The number of anilines is 2. The van der Waals surface area contributed by atoms with Crippen LogP contribution in [0.4, 0.5) is 10.9 Å². The van der Waals surface area contributed by atoms with Crippen LogP contribution < -0.4 is 10.6 Å². The SMILES string of the molecule is O=C(Cc1cc2ccccn2n1)Nc1ccc(C#CCCc2nnc(NC(=O)Cc3cc4ccccn4n3)s2)nn1. The zero-order valence-electron chi connectivity index (χ0n) is 21.6. The van der Waals surface area contributed by atoms with E-state index in [0.29, 0.717) is 40.9 Å². The van der Waals surface area contributed by atoms with Gasteiger partial charge in [0.1, 0.15) is 10.7 Å². The Morgan fingerprint density at radius 2 is 1.46 bits per heavy atom. The van der Waals surface area contributed by atoms with Crippen LogP contribution >= 0.6 is 11.3 Å². The van der Waals surface area contributed by atoms with Crippen LogP contribution in [-0.2, 0) is 28.9 Å². The predicted octanol–water partition coefficient (Wildman–Crippen LogP) is 2.97. The number of carbonyl (C=O) groups is 2. The maximum Gasteiger partial charge on any atom is 0.232 e. The topological polar surface area (TPSA) is 144 Å². The van der Waals surface area contributed by atoms with Crippen LogP contribution in [-0.4, -0.2) is 51.4 Å². The van der Waals surface area contributed by atoms with Crippen molar-refractivity contribution in [2.75, 3.05) is 10.6 Å². The molecule has 0 saturated carbocycles. The number of pyridine rings is 2. The molecule has 0 fully saturated rings. The van der Waals surface area contributed by atoms with Gasteiger partial charge in [0.2, 0.25) is 16.9 Å². The number of nitrogens with zero attached hydrogens (tertiary/aromatic N) is 8. The highest BCUT2D eigenvalue weighted by Crippen LogP contribution is 2.17. The largest absolute Gasteiger partial charge is 0.309 e. The second-order valence-electron chi connectivity index (χ2n) is 8.97. The third kappa shape index (κ3) is 6.57. The fraction of sp³-hybridized carbons (Fsp3) is 0.143. The molecule has 12 nitrogen and oxygen atoms in total. The minimum Gasteiger partial charge on any atom is -0.309 e. The van der Waals surface area contributed by atoms with Crippen molar-refractivity contribution in [2.24, 2.45) is 0 Å². The Labute approximate surface area is 237 Å². The second-order valence-corrected chi connectivity index (χ2v) is 10.0. The van der Waals surface area contributed by atoms with Crippen molar-refractivity contribution in [1.82, 2.24) is 39.6 Å². The summed E-state index contributed by atoms with van der Waals surface area (Å²) in [5.74, 6) is 5.90. The van der Waals surface area contributed by atoms with Gasteiger partial charge in [-0.2, -0.15) is 10.2 Å². The minimum atomic E-state index is -0.232. The van der Waals surface area contributed by atoms with Gasteiger partial charge in [0, 0.05) is 25.2 Å². The van der Waals surface area contributed by atoms with E-state index in [9.17, 15) is 9.59 Å². The summed E-state index contributed by atoms with van der Waals surface area (Å²) in [6.45, 7) is 0. The third-order valence-corrected chi connectivity index (χ3v) is 6.75. The summed E-state index contributed by atoms with van der Waals surface area (Å²) in [6, 6.07) is 18.6. The number of rotatable bonds is 8. The van der Waals surface area contributed by atoms with Gasteiger partial charge < -0.3 is 10.6 Å². The van der Waals surface area contributed by atoms with E-state index in [-0.39, 0.29) is 24.7 Å². The molecule has 0 aliphatic heterocycles. The molecule has 0 aliphatic rings. The Kier molecular flexibility index (Phi) is 7.37. The molecule has 2 N–H and O–H groups in total. The molecule has 0 unspecified atom stereocenters. The minimum absolute atomic E-state index is 0.129. The highest BCUT2D eigenvalue weighted by molar-refractivity contribution is 7.15. The number of nitrogens with one attached hydrogen (secondary N) is 2. The first-order valence-electron chi connectivity index (χ1n) is 12.7. The molecule has 0 spiro atoms. The lowest BCUT2D eigenvalue weighted by Crippen LogP contribution is -2.16. The van der Waals surface area contributed by atoms with Crippen LogP contribution in [0.2, 0.25) is 0 Å². The van der Waals surface area contributed by atoms with E-state index in [1.54, 1.807) is 21.2 Å². The van der Waals surface area contributed by atoms with Gasteiger partial charge in [0.25, 0.3) is 0 Å². The summed E-state index contributed by atoms with van der Waals surface area (Å²) in [5.41, 5.74) is 3.68. The lowest BCUT2D eigenvalue weighted by Gasteiger charge is -2.01. The molecular formula is C28H22N10O2S. The van der Waals surface area contributed by atoms with E-state index < -0.39 is 0 Å². The molecule has 0 aliphatic carbocycles. The third-order valence-electron chi connectivity index (χ3n) is 5.85. The van der Waals surface area contributed by atoms with Crippen LogP contribution in [0.1, 0.15) is 28.5 Å². The van der Waals surface area contributed by atoms with Crippen molar-refractivity contribution >= 4 is 45.1 Å². The van der Waals surface area contributed by atoms with E-state index in [4.69, 9.17) is 0 Å². The molecule has 0 radical (unpaired) electrons. The number of hydrogen-bond donors (Lipinski definition) is 2. The first-order chi connectivity index (χ1) is 20.1. The fourth-order valence-corrected chi connectivity index (χ4v) is 4.78. The van der Waals surface area contributed by atoms with Gasteiger partial charge in [0.15, 0.2) is 5.82 Å². The molecular weight excluding hydrogens is 540 g/mol. The lowest BCUT2D eigenvalue weighted by atomic mass is 10.2. The van der Waals surface area contributed by atoms with Crippen molar-refractivity contribution < 1.29 is 9.59 Å². The molecule has 6 aromatic rings. The number of carbonyl (C=O) groups excluding carboxylic acids is 2. The van der Waals surface area contributed by atoms with Crippen molar-refractivity contribution in [2.45, 2.75) is 25.7 Å². The normalized spacial score (nSPS) is 10.8. The van der Waals surface area contributed by atoms with Gasteiger partial charge in [-0.25, -0.2) is 9.03 Å². The van der Waals surface area contributed by atoms with Gasteiger partial charge in [-0.05, 0) is 54.5 Å². The molecule has 0 aromatic carbocycles. The quantitative estimate of drug-likeness (QED) is 0.270. The van der Waals surface area contributed by atoms with Crippen LogP contribution in [0, 0.1) is 11.8 Å². The lowest BCUT2D eigenvalue weighted by molar-refractivity contribution is -0.116. The number of aromatic nitrogens is 8. The van der Waals surface area contributed by atoms with Gasteiger partial charge in [-0.15, -0.1) is 20.4 Å². The van der Waals surface area contributed by atoms with Gasteiger partial charge in [-0.1, -0.05) is 29.4 Å². The summed E-state index contributed by atoms with van der Waals surface area (Å²) >= 11 is 1.31. The molecule has 202 valence electrons. The molecule has 6 rings (SSSR count). The Morgan fingerprint density at radius 1 is 0.780 bits per heavy atom. The summed E-state index contributed by atoms with van der Waals surface area (Å²) < 4.78 is 3.46. The Balaban J connectivity index is 0.947. The second kappa shape index (κ2) is 11.7. The first kappa shape index (κ1) is 25.8. The summed E-state index contributed by atoms with van der Waals surface area (Å²) in [6.07, 6.45) is 5.06. The first-order valence-corrected chi connectivity index (χ1v) is 13.5. The molecule has 13 heteroatoms. The Bertz CT molecular complexity index is 1850. The zero-order chi connectivity index (χ0) is 28.0. The summed E-state index contributed by atoms with van der Waals surface area (Å²) in [4.78, 5) is 24.8. The van der Waals surface area contributed by atoms with E-state index in [1.165, 1.54) is 11.3 Å². The molecule has 6 aromatic heterocycles. The Morgan fingerprint density at radius 3 is 2.10 bits per heavy atom. The fourth-order valence-electron chi connectivity index (χ4n) is 4.03. The molecule has 41 heavy (non-hydrogen) atoms. The molecule has 0 bridgehead atoms. The average molecular weight is 563 g/mol. The maximum atomic E-state index is 12.4. The van der Waals surface area contributed by atoms with Gasteiger partial charge >= 0.3 is 0 Å². The number of aryl methyl sites for hydroxylation is 1. The molecule has 2 amide bonds. The van der Waals surface area contributed by atoms with Crippen molar-refractivity contribution in [3.8, 4) is 11.8 Å². The summed E-state index contributed by atoms with van der Waals surface area (Å²) in [7, 11) is 0. The highest BCUT2D eigenvalue weighted by Gasteiger charge is 2.12. The van der Waals surface area contributed by atoms with E-state index in [2.05, 4.69) is 53.1 Å². The van der Waals surface area contributed by atoms with Gasteiger partial charge in [-0.3, -0.25) is 9.59 Å². The number of amides is 2. The molecule has 0 saturated heterocycles. The standard InChI is InChI=1S/C28H22N10O2S/c39-25(17-20-15-22-8-3-5-13-37(22)35-20)29-24-12-11-19(31-32-24)7-1-2-10-27-33-34-28(41-27)30-26(40)18-21-16-23-9-4-6-14-38(23)36-21/h3-6,8-9,11-16H,2,10,17-18H2,(H,29,32,39)(H,30,34,40). The average Bonchev–Trinajstić information content (AvgIpc) is 3.69. The zero-order valence-corrected chi connectivity index (χ0v) is 22.4.